The van der Waals surface area contributed by atoms with Crippen molar-refractivity contribution < 1.29 is 27.1 Å². The third-order valence-corrected chi connectivity index (χ3v) is 8.19. The first kappa shape index (κ1) is 23.5. The summed E-state index contributed by atoms with van der Waals surface area (Å²) >= 11 is 1.08. The molecule has 1 aliphatic heterocycles. The fourth-order valence-corrected chi connectivity index (χ4v) is 5.71. The molecule has 4 rings (SSSR count). The SMILES string of the molecule is CNc1cc2c(cc1F)C(=O)N(c1ccc(NC(=O)NS(=O)(=O)c3cc(C)c(C)s3)cc1)CO2. The third-order valence-electron chi connectivity index (χ3n) is 5.24. The second-order valence-corrected chi connectivity index (χ2v) is 10.7. The van der Waals surface area contributed by atoms with Gasteiger partial charge in [-0.25, -0.2) is 22.3 Å². The predicted molar refractivity (Wildman–Crippen MR) is 128 cm³/mol. The maximum absolute atomic E-state index is 14.1. The van der Waals surface area contributed by atoms with Crippen LogP contribution in [0.25, 0.3) is 0 Å². The molecule has 0 bridgehead atoms. The molecule has 2 heterocycles. The number of ether oxygens (including phenoxy) is 1. The average molecular weight is 505 g/mol. The molecule has 1 aromatic heterocycles. The molecule has 34 heavy (non-hydrogen) atoms. The highest BCUT2D eigenvalue weighted by atomic mass is 32.2. The van der Waals surface area contributed by atoms with Crippen molar-refractivity contribution in [3.8, 4) is 5.75 Å². The summed E-state index contributed by atoms with van der Waals surface area (Å²) in [5.41, 5.74) is 1.90. The molecule has 0 atom stereocenters. The van der Waals surface area contributed by atoms with Gasteiger partial charge in [-0.3, -0.25) is 9.69 Å². The molecule has 0 unspecified atom stereocenters. The van der Waals surface area contributed by atoms with Crippen molar-refractivity contribution in [1.29, 1.82) is 0 Å². The van der Waals surface area contributed by atoms with E-state index in [0.29, 0.717) is 11.4 Å². The number of urea groups is 1. The van der Waals surface area contributed by atoms with Gasteiger partial charge in [-0.2, -0.15) is 0 Å². The van der Waals surface area contributed by atoms with Gasteiger partial charge in [-0.15, -0.1) is 11.3 Å². The van der Waals surface area contributed by atoms with Crippen LogP contribution in [0.2, 0.25) is 0 Å². The van der Waals surface area contributed by atoms with Crippen LogP contribution in [0.4, 0.5) is 26.2 Å². The van der Waals surface area contributed by atoms with Gasteiger partial charge in [0.25, 0.3) is 15.9 Å². The molecule has 0 radical (unpaired) electrons. The standard InChI is InChI=1S/C22H21FN4O5S2/c1-12-8-20(33-13(12)2)34(30,31)26-22(29)25-14-4-6-15(7-5-14)27-11-32-19-10-18(24-3)17(23)9-16(19)21(27)28/h4-10,24H,11H2,1-3H3,(H2,25,26,29). The summed E-state index contributed by atoms with van der Waals surface area (Å²) in [7, 11) is -2.43. The summed E-state index contributed by atoms with van der Waals surface area (Å²) in [6.45, 7) is 3.51. The average Bonchev–Trinajstić information content (AvgIpc) is 3.14. The van der Waals surface area contributed by atoms with Crippen molar-refractivity contribution >= 4 is 50.4 Å². The fourth-order valence-electron chi connectivity index (χ4n) is 3.29. The van der Waals surface area contributed by atoms with E-state index < -0.39 is 27.8 Å². The number of benzene rings is 2. The number of nitrogens with zero attached hydrogens (tertiary/aromatic N) is 1. The van der Waals surface area contributed by atoms with Crippen LogP contribution in [0.3, 0.4) is 0 Å². The lowest BCUT2D eigenvalue weighted by Gasteiger charge is -2.29. The lowest BCUT2D eigenvalue weighted by molar-refractivity contribution is 0.0936. The molecular formula is C22H21FN4O5S2. The Balaban J connectivity index is 1.45. The number of halogens is 1. The van der Waals surface area contributed by atoms with Gasteiger partial charge >= 0.3 is 6.03 Å². The smallest absolute Gasteiger partial charge is 0.333 e. The van der Waals surface area contributed by atoms with Gasteiger partial charge in [-0.1, -0.05) is 0 Å². The predicted octanol–water partition coefficient (Wildman–Crippen LogP) is 4.05. The molecule has 2 aromatic carbocycles. The fraction of sp³-hybridized carbons (Fsp3) is 0.182. The van der Waals surface area contributed by atoms with Crippen LogP contribution >= 0.6 is 11.3 Å². The first-order valence-electron chi connectivity index (χ1n) is 10.1. The number of thiophene rings is 1. The molecule has 178 valence electrons. The number of amides is 3. The normalized spacial score (nSPS) is 13.2. The van der Waals surface area contributed by atoms with Gasteiger partial charge in [0.2, 0.25) is 0 Å². The van der Waals surface area contributed by atoms with Gasteiger partial charge < -0.3 is 15.4 Å². The minimum Gasteiger partial charge on any atom is -0.472 e. The van der Waals surface area contributed by atoms with Crippen molar-refractivity contribution in [3.63, 3.8) is 0 Å². The molecule has 3 N–H and O–H groups in total. The minimum absolute atomic E-state index is 0.0511. The van der Waals surface area contributed by atoms with Crippen LogP contribution in [0, 0.1) is 19.7 Å². The molecule has 0 fully saturated rings. The van der Waals surface area contributed by atoms with Crippen LogP contribution < -0.4 is 25.0 Å². The first-order chi connectivity index (χ1) is 16.1. The van der Waals surface area contributed by atoms with Crippen LogP contribution in [-0.4, -0.2) is 34.1 Å². The number of aryl methyl sites for hydroxylation is 2. The molecule has 3 amide bonds. The number of hydrogen-bond acceptors (Lipinski definition) is 7. The van der Waals surface area contributed by atoms with E-state index in [4.69, 9.17) is 4.74 Å². The van der Waals surface area contributed by atoms with Crippen LogP contribution in [-0.2, 0) is 10.0 Å². The number of anilines is 3. The number of nitrogens with one attached hydrogen (secondary N) is 3. The quantitative estimate of drug-likeness (QED) is 0.483. The monoisotopic (exact) mass is 504 g/mol. The second-order valence-electron chi connectivity index (χ2n) is 7.50. The second kappa shape index (κ2) is 8.95. The summed E-state index contributed by atoms with van der Waals surface area (Å²) in [6, 6.07) is 9.26. The lowest BCUT2D eigenvalue weighted by Crippen LogP contribution is -2.38. The zero-order valence-electron chi connectivity index (χ0n) is 18.4. The largest absolute Gasteiger partial charge is 0.472 e. The topological polar surface area (TPSA) is 117 Å². The van der Waals surface area contributed by atoms with Crippen molar-refractivity contribution in [2.45, 2.75) is 18.1 Å². The number of carbonyl (C=O) groups is 2. The highest BCUT2D eigenvalue weighted by Gasteiger charge is 2.28. The lowest BCUT2D eigenvalue weighted by atomic mass is 10.1. The Labute approximate surface area is 199 Å². The van der Waals surface area contributed by atoms with E-state index >= 15 is 0 Å². The number of rotatable bonds is 5. The maximum atomic E-state index is 14.1. The number of carbonyl (C=O) groups excluding carboxylic acids is 2. The van der Waals surface area contributed by atoms with Crippen LogP contribution in [0.1, 0.15) is 20.8 Å². The Morgan fingerprint density at radius 3 is 2.47 bits per heavy atom. The molecule has 12 heteroatoms. The van der Waals surface area contributed by atoms with E-state index in [0.717, 1.165) is 27.8 Å². The van der Waals surface area contributed by atoms with Gasteiger partial charge in [0.05, 0.1) is 11.3 Å². The highest BCUT2D eigenvalue weighted by Crippen LogP contribution is 2.33. The van der Waals surface area contributed by atoms with Gasteiger partial charge in [0, 0.05) is 29.4 Å². The summed E-state index contributed by atoms with van der Waals surface area (Å²) < 4.78 is 46.6. The zero-order chi connectivity index (χ0) is 24.6. The Hall–Kier alpha value is -3.64. The molecule has 9 nitrogen and oxygen atoms in total. The Morgan fingerprint density at radius 1 is 1.15 bits per heavy atom. The van der Waals surface area contributed by atoms with E-state index in [1.54, 1.807) is 33.0 Å². The molecule has 0 saturated carbocycles. The van der Waals surface area contributed by atoms with Crippen LogP contribution in [0.15, 0.2) is 46.7 Å². The Bertz CT molecular complexity index is 1370. The first-order valence-corrected chi connectivity index (χ1v) is 12.4. The van der Waals surface area contributed by atoms with E-state index in [1.165, 1.54) is 29.2 Å². The molecular weight excluding hydrogens is 483 g/mol. The van der Waals surface area contributed by atoms with Crippen molar-refractivity contribution in [2.75, 3.05) is 29.3 Å². The molecule has 0 saturated heterocycles. The van der Waals surface area contributed by atoms with Crippen molar-refractivity contribution in [1.82, 2.24) is 4.72 Å². The zero-order valence-corrected chi connectivity index (χ0v) is 20.1. The van der Waals surface area contributed by atoms with E-state index in [9.17, 15) is 22.4 Å². The summed E-state index contributed by atoms with van der Waals surface area (Å²) in [5, 5.41) is 5.15. The van der Waals surface area contributed by atoms with E-state index in [2.05, 4.69) is 10.6 Å². The Morgan fingerprint density at radius 2 is 1.85 bits per heavy atom. The Kier molecular flexibility index (Phi) is 6.19. The minimum atomic E-state index is -4.00. The number of hydrogen-bond donors (Lipinski definition) is 3. The summed E-state index contributed by atoms with van der Waals surface area (Å²) in [5.74, 6) is -0.735. The highest BCUT2D eigenvalue weighted by molar-refractivity contribution is 7.92. The van der Waals surface area contributed by atoms with E-state index in [1.807, 2.05) is 4.72 Å². The molecule has 0 aliphatic carbocycles. The number of fused-ring (bicyclic) bond motifs is 1. The van der Waals surface area contributed by atoms with Crippen LogP contribution in [0.5, 0.6) is 5.75 Å². The van der Waals surface area contributed by atoms with Crippen molar-refractivity contribution in [2.24, 2.45) is 0 Å². The maximum Gasteiger partial charge on any atom is 0.333 e. The molecule has 1 aliphatic rings. The van der Waals surface area contributed by atoms with Crippen molar-refractivity contribution in [3.05, 3.63) is 64.3 Å². The third kappa shape index (κ3) is 4.54. The van der Waals surface area contributed by atoms with Gasteiger partial charge in [0.15, 0.2) is 6.73 Å². The summed E-state index contributed by atoms with van der Waals surface area (Å²) in [6.07, 6.45) is 0. The van der Waals surface area contributed by atoms with Gasteiger partial charge in [0.1, 0.15) is 15.8 Å². The summed E-state index contributed by atoms with van der Waals surface area (Å²) in [4.78, 5) is 27.3. The van der Waals surface area contributed by atoms with E-state index in [-0.39, 0.29) is 27.9 Å². The molecule has 3 aromatic rings. The molecule has 0 spiro atoms. The van der Waals surface area contributed by atoms with Gasteiger partial charge in [-0.05, 0) is 55.8 Å². The number of sulfonamides is 1.